The third-order valence-corrected chi connectivity index (χ3v) is 5.24. The Morgan fingerprint density at radius 3 is 2.70 bits per heavy atom. The second-order valence-electron chi connectivity index (χ2n) is 6.42. The molecule has 0 aromatic heterocycles. The van der Waals surface area contributed by atoms with Gasteiger partial charge in [-0.15, -0.1) is 0 Å². The van der Waals surface area contributed by atoms with Crippen LogP contribution in [0.5, 0.6) is 0 Å². The summed E-state index contributed by atoms with van der Waals surface area (Å²) in [4.78, 5) is 2.67. The van der Waals surface area contributed by atoms with Crippen LogP contribution in [0.2, 0.25) is 0 Å². The van der Waals surface area contributed by atoms with E-state index < -0.39 is 0 Å². The van der Waals surface area contributed by atoms with Crippen molar-refractivity contribution >= 4 is 0 Å². The molecule has 3 nitrogen and oxygen atoms in total. The van der Waals surface area contributed by atoms with Gasteiger partial charge in [-0.1, -0.05) is 30.3 Å². The molecule has 1 saturated carbocycles. The molecule has 1 spiro atoms. The minimum absolute atomic E-state index is 0.218. The molecule has 3 heteroatoms. The molecule has 0 N–H and O–H groups in total. The Hall–Kier alpha value is -0.900. The second kappa shape index (κ2) is 5.14. The molecule has 1 aromatic rings. The van der Waals surface area contributed by atoms with Crippen LogP contribution >= 0.6 is 0 Å². The molecule has 4 rings (SSSR count). The molecular weight excluding hydrogens is 250 g/mol. The summed E-state index contributed by atoms with van der Waals surface area (Å²) in [5.41, 5.74) is 1.43. The monoisotopic (exact) mass is 273 g/mol. The van der Waals surface area contributed by atoms with Crippen molar-refractivity contribution in [3.05, 3.63) is 35.9 Å². The van der Waals surface area contributed by atoms with E-state index in [9.17, 15) is 0 Å². The lowest BCUT2D eigenvalue weighted by atomic mass is 9.81. The van der Waals surface area contributed by atoms with Crippen LogP contribution < -0.4 is 0 Å². The second-order valence-corrected chi connectivity index (χ2v) is 6.42. The Balaban J connectivity index is 1.43. The Morgan fingerprint density at radius 1 is 1.10 bits per heavy atom. The lowest BCUT2D eigenvalue weighted by Crippen LogP contribution is -2.44. The van der Waals surface area contributed by atoms with Gasteiger partial charge in [0.15, 0.2) is 5.79 Å². The molecule has 2 atom stereocenters. The number of nitrogens with zero attached hydrogens (tertiary/aromatic N) is 1. The highest BCUT2D eigenvalue weighted by molar-refractivity contribution is 5.15. The predicted octanol–water partition coefficient (Wildman–Crippen LogP) is 2.80. The van der Waals surface area contributed by atoms with Crippen molar-refractivity contribution in [1.29, 1.82) is 0 Å². The average molecular weight is 273 g/mol. The summed E-state index contributed by atoms with van der Waals surface area (Å²) in [6.45, 7) is 3.88. The van der Waals surface area contributed by atoms with Gasteiger partial charge in [0.05, 0.1) is 13.2 Å². The van der Waals surface area contributed by atoms with Gasteiger partial charge in [-0.25, -0.2) is 0 Å². The fraction of sp³-hybridized carbons (Fsp3) is 0.647. The van der Waals surface area contributed by atoms with Crippen LogP contribution in [0.1, 0.15) is 31.2 Å². The number of ether oxygens (including phenoxy) is 2. The van der Waals surface area contributed by atoms with Gasteiger partial charge in [-0.2, -0.15) is 0 Å². The average Bonchev–Trinajstić information content (AvgIpc) is 3.08. The predicted molar refractivity (Wildman–Crippen MR) is 77.2 cm³/mol. The van der Waals surface area contributed by atoms with Gasteiger partial charge in [0.1, 0.15) is 0 Å². The number of fused-ring (bicyclic) bond motifs is 1. The van der Waals surface area contributed by atoms with Gasteiger partial charge in [0.2, 0.25) is 0 Å². The lowest BCUT2D eigenvalue weighted by Gasteiger charge is -2.40. The van der Waals surface area contributed by atoms with Gasteiger partial charge in [0, 0.05) is 25.4 Å². The van der Waals surface area contributed by atoms with Crippen molar-refractivity contribution in [3.8, 4) is 0 Å². The van der Waals surface area contributed by atoms with E-state index in [1.54, 1.807) is 0 Å². The number of hydrogen-bond donors (Lipinski definition) is 0. The Kier molecular flexibility index (Phi) is 3.29. The molecule has 0 radical (unpaired) electrons. The van der Waals surface area contributed by atoms with Crippen LogP contribution in [-0.2, 0) is 16.0 Å². The van der Waals surface area contributed by atoms with Crippen molar-refractivity contribution in [1.82, 2.24) is 4.90 Å². The normalized spacial score (nSPS) is 32.6. The van der Waals surface area contributed by atoms with Crippen LogP contribution in [-0.4, -0.2) is 36.5 Å². The molecule has 2 heterocycles. The minimum atomic E-state index is -0.218. The molecule has 20 heavy (non-hydrogen) atoms. The maximum Gasteiger partial charge on any atom is 0.168 e. The van der Waals surface area contributed by atoms with E-state index in [0.717, 1.165) is 44.6 Å². The molecule has 0 amide bonds. The summed E-state index contributed by atoms with van der Waals surface area (Å²) in [7, 11) is 0. The van der Waals surface area contributed by atoms with Gasteiger partial charge in [-0.05, 0) is 30.9 Å². The molecule has 2 saturated heterocycles. The van der Waals surface area contributed by atoms with Gasteiger partial charge in [0.25, 0.3) is 0 Å². The number of benzene rings is 1. The zero-order valence-electron chi connectivity index (χ0n) is 12.0. The van der Waals surface area contributed by atoms with Gasteiger partial charge >= 0.3 is 0 Å². The third kappa shape index (κ3) is 2.28. The highest BCUT2D eigenvalue weighted by atomic mass is 16.7. The van der Waals surface area contributed by atoms with Crippen LogP contribution in [0.25, 0.3) is 0 Å². The fourth-order valence-corrected chi connectivity index (χ4v) is 4.29. The van der Waals surface area contributed by atoms with Crippen LogP contribution in [0, 0.1) is 5.92 Å². The van der Waals surface area contributed by atoms with Crippen molar-refractivity contribution < 1.29 is 9.47 Å². The SMILES string of the molecule is c1ccc(CN2CCC3CC4(CCC32)OCCO4)cc1. The van der Waals surface area contributed by atoms with E-state index in [1.165, 1.54) is 24.9 Å². The summed E-state index contributed by atoms with van der Waals surface area (Å²) in [6.07, 6.45) is 4.69. The highest BCUT2D eigenvalue weighted by Gasteiger charge is 2.48. The Labute approximate surface area is 120 Å². The molecule has 1 aliphatic carbocycles. The van der Waals surface area contributed by atoms with Crippen molar-refractivity contribution in [2.75, 3.05) is 19.8 Å². The Morgan fingerprint density at radius 2 is 1.90 bits per heavy atom. The van der Waals surface area contributed by atoms with Crippen LogP contribution in [0.3, 0.4) is 0 Å². The third-order valence-electron chi connectivity index (χ3n) is 5.24. The molecule has 3 fully saturated rings. The number of rotatable bonds is 2. The first-order valence-electron chi connectivity index (χ1n) is 7.91. The van der Waals surface area contributed by atoms with Crippen LogP contribution in [0.15, 0.2) is 30.3 Å². The maximum absolute atomic E-state index is 5.90. The van der Waals surface area contributed by atoms with Crippen molar-refractivity contribution in [2.45, 2.75) is 44.1 Å². The summed E-state index contributed by atoms with van der Waals surface area (Å²) in [5.74, 6) is 0.537. The van der Waals surface area contributed by atoms with E-state index >= 15 is 0 Å². The van der Waals surface area contributed by atoms with E-state index in [-0.39, 0.29) is 5.79 Å². The first-order valence-corrected chi connectivity index (χ1v) is 7.91. The lowest BCUT2D eigenvalue weighted by molar-refractivity contribution is -0.191. The molecule has 3 aliphatic rings. The molecule has 1 aromatic carbocycles. The van der Waals surface area contributed by atoms with E-state index in [4.69, 9.17) is 9.47 Å². The molecular formula is C17H23NO2. The quantitative estimate of drug-likeness (QED) is 0.827. The zero-order valence-corrected chi connectivity index (χ0v) is 12.0. The van der Waals surface area contributed by atoms with E-state index in [0.29, 0.717) is 0 Å². The van der Waals surface area contributed by atoms with Gasteiger partial charge in [-0.3, -0.25) is 4.90 Å². The number of likely N-dealkylation sites (tertiary alicyclic amines) is 1. The molecule has 2 unspecified atom stereocenters. The first-order chi connectivity index (χ1) is 9.85. The van der Waals surface area contributed by atoms with E-state index in [1.807, 2.05) is 0 Å². The fourth-order valence-electron chi connectivity index (χ4n) is 4.29. The Bertz CT molecular complexity index is 455. The topological polar surface area (TPSA) is 21.7 Å². The standard InChI is InChI=1S/C17H23NO2/c1-2-4-14(5-3-1)13-18-9-7-15-12-17(8-6-16(15)18)19-10-11-20-17/h1-5,15-16H,6-13H2. The van der Waals surface area contributed by atoms with Crippen molar-refractivity contribution in [2.24, 2.45) is 5.92 Å². The van der Waals surface area contributed by atoms with Crippen molar-refractivity contribution in [3.63, 3.8) is 0 Å². The first kappa shape index (κ1) is 12.8. The molecule has 108 valence electrons. The largest absolute Gasteiger partial charge is 0.348 e. The van der Waals surface area contributed by atoms with Crippen LogP contribution in [0.4, 0.5) is 0 Å². The summed E-state index contributed by atoms with van der Waals surface area (Å²) < 4.78 is 11.8. The highest BCUT2D eigenvalue weighted by Crippen LogP contribution is 2.45. The summed E-state index contributed by atoms with van der Waals surface area (Å²) in [5, 5.41) is 0. The number of hydrogen-bond acceptors (Lipinski definition) is 3. The van der Waals surface area contributed by atoms with Gasteiger partial charge < -0.3 is 9.47 Å². The maximum atomic E-state index is 5.90. The summed E-state index contributed by atoms with van der Waals surface area (Å²) in [6, 6.07) is 11.6. The minimum Gasteiger partial charge on any atom is -0.348 e. The molecule has 0 bridgehead atoms. The summed E-state index contributed by atoms with van der Waals surface area (Å²) >= 11 is 0. The zero-order chi connectivity index (χ0) is 13.4. The smallest absolute Gasteiger partial charge is 0.168 e. The molecule has 2 aliphatic heterocycles. The van der Waals surface area contributed by atoms with E-state index in [2.05, 4.69) is 35.2 Å².